The summed E-state index contributed by atoms with van der Waals surface area (Å²) in [4.78, 5) is 26.4. The number of aromatic nitrogens is 1. The lowest BCUT2D eigenvalue weighted by atomic mass is 10.2. The Morgan fingerprint density at radius 1 is 1.16 bits per heavy atom. The molecular weight excluding hydrogens is 454 g/mol. The number of fused-ring (bicyclic) bond motifs is 1. The number of primary amides is 1. The van der Waals surface area contributed by atoms with Crippen LogP contribution in [0.5, 0.6) is 0 Å². The first-order valence-corrected chi connectivity index (χ1v) is 11.8. The Morgan fingerprint density at radius 3 is 2.69 bits per heavy atom. The van der Waals surface area contributed by atoms with E-state index in [1.54, 1.807) is 41.3 Å². The minimum absolute atomic E-state index is 0.0678. The largest absolute Gasteiger partial charge is 0.351 e. The summed E-state index contributed by atoms with van der Waals surface area (Å²) in [5.41, 5.74) is 6.47. The lowest BCUT2D eigenvalue weighted by molar-refractivity contribution is 0.207. The van der Waals surface area contributed by atoms with Crippen LogP contribution in [-0.4, -0.2) is 49.1 Å². The van der Waals surface area contributed by atoms with Gasteiger partial charge < -0.3 is 16.0 Å². The quantitative estimate of drug-likeness (QED) is 0.523. The second-order valence-corrected chi connectivity index (χ2v) is 9.70. The number of anilines is 1. The van der Waals surface area contributed by atoms with Crippen LogP contribution in [-0.2, 0) is 10.0 Å². The Bertz CT molecular complexity index is 1290. The highest BCUT2D eigenvalue weighted by molar-refractivity contribution is 7.89. The van der Waals surface area contributed by atoms with E-state index >= 15 is 0 Å². The van der Waals surface area contributed by atoms with Crippen molar-refractivity contribution >= 4 is 50.3 Å². The molecule has 1 aliphatic heterocycles. The van der Waals surface area contributed by atoms with Crippen molar-refractivity contribution in [2.24, 2.45) is 5.73 Å². The Labute approximate surface area is 190 Å². The van der Waals surface area contributed by atoms with Gasteiger partial charge in [-0.15, -0.1) is 0 Å². The molecule has 3 aromatic rings. The Balaban J connectivity index is 1.48. The number of hydrogen-bond donors (Lipinski definition) is 3. The van der Waals surface area contributed by atoms with Crippen LogP contribution in [0.1, 0.15) is 12.8 Å². The van der Waals surface area contributed by atoms with Gasteiger partial charge in [-0.3, -0.25) is 4.57 Å². The molecule has 0 aliphatic carbocycles. The number of benzene rings is 2. The number of hydrogen-bond acceptors (Lipinski definition) is 4. The van der Waals surface area contributed by atoms with Crippen LogP contribution in [0.25, 0.3) is 10.9 Å². The molecule has 0 saturated carbocycles. The molecule has 0 unspecified atom stereocenters. The normalized spacial score (nSPS) is 16.4. The van der Waals surface area contributed by atoms with Crippen LogP contribution in [0.3, 0.4) is 0 Å². The molecule has 1 fully saturated rings. The van der Waals surface area contributed by atoms with E-state index in [9.17, 15) is 18.0 Å². The maximum atomic E-state index is 13.0. The molecular formula is C21H22ClN5O4S. The van der Waals surface area contributed by atoms with Crippen molar-refractivity contribution < 1.29 is 18.0 Å². The fourth-order valence-corrected chi connectivity index (χ4v) is 5.26. The molecule has 168 valence electrons. The van der Waals surface area contributed by atoms with Crippen molar-refractivity contribution in [3.05, 3.63) is 59.8 Å². The number of rotatable bonds is 5. The molecule has 9 nitrogen and oxygen atoms in total. The number of sulfonamides is 1. The van der Waals surface area contributed by atoms with Crippen molar-refractivity contribution in [1.82, 2.24) is 14.2 Å². The fraction of sp³-hybridized carbons (Fsp3) is 0.238. The lowest BCUT2D eigenvalue weighted by Gasteiger charge is -2.25. The van der Waals surface area contributed by atoms with E-state index in [0.717, 1.165) is 6.42 Å². The van der Waals surface area contributed by atoms with Gasteiger partial charge in [-0.1, -0.05) is 35.9 Å². The van der Waals surface area contributed by atoms with Crippen LogP contribution >= 0.6 is 11.6 Å². The standard InChI is InChI=1S/C21H22ClN5O4S/c22-14-5-3-7-16(11-14)32(30,31)24-12-15-6-4-10-26(15)21(29)25-18-13-27(20(23)28)19-9-2-1-8-17(18)19/h1-3,5,7-9,11,13,15,24H,4,6,10,12H2,(H2,23,28)(H,25,29)/t15-/m0/s1. The van der Waals surface area contributed by atoms with Gasteiger partial charge in [0.25, 0.3) is 0 Å². The van der Waals surface area contributed by atoms with Gasteiger partial charge in [0, 0.05) is 35.7 Å². The summed E-state index contributed by atoms with van der Waals surface area (Å²) in [7, 11) is -3.76. The van der Waals surface area contributed by atoms with Crippen LogP contribution in [0.15, 0.2) is 59.6 Å². The Morgan fingerprint density at radius 2 is 1.94 bits per heavy atom. The van der Waals surface area contributed by atoms with E-state index in [1.165, 1.54) is 22.9 Å². The smallest absolute Gasteiger partial charge is 0.323 e. The number of nitrogens with two attached hydrogens (primary N) is 1. The zero-order valence-corrected chi connectivity index (χ0v) is 18.6. The number of carbonyl (C=O) groups excluding carboxylic acids is 2. The first kappa shape index (κ1) is 22.1. The number of carbonyl (C=O) groups is 2. The van der Waals surface area contributed by atoms with Crippen molar-refractivity contribution in [1.29, 1.82) is 0 Å². The van der Waals surface area contributed by atoms with Crippen LogP contribution in [0, 0.1) is 0 Å². The highest BCUT2D eigenvalue weighted by atomic mass is 35.5. The molecule has 2 heterocycles. The molecule has 32 heavy (non-hydrogen) atoms. The van der Waals surface area contributed by atoms with Crippen LogP contribution in [0.4, 0.5) is 15.3 Å². The molecule has 4 N–H and O–H groups in total. The number of amides is 3. The maximum Gasteiger partial charge on any atom is 0.323 e. The summed E-state index contributed by atoms with van der Waals surface area (Å²) >= 11 is 5.90. The maximum absolute atomic E-state index is 13.0. The van der Waals surface area contributed by atoms with Crippen LogP contribution in [0.2, 0.25) is 5.02 Å². The van der Waals surface area contributed by atoms with Crippen molar-refractivity contribution in [2.75, 3.05) is 18.4 Å². The first-order valence-electron chi connectivity index (χ1n) is 9.99. The van der Waals surface area contributed by atoms with Gasteiger partial charge in [0.05, 0.1) is 16.1 Å². The summed E-state index contributed by atoms with van der Waals surface area (Å²) in [6.45, 7) is 0.565. The molecule has 11 heteroatoms. The van der Waals surface area contributed by atoms with E-state index in [2.05, 4.69) is 10.0 Å². The summed E-state index contributed by atoms with van der Waals surface area (Å²) in [5, 5.41) is 3.83. The third kappa shape index (κ3) is 4.43. The molecule has 4 rings (SSSR count). The van der Waals surface area contributed by atoms with Crippen molar-refractivity contribution in [3.8, 4) is 0 Å². The lowest BCUT2D eigenvalue weighted by Crippen LogP contribution is -2.44. The first-order chi connectivity index (χ1) is 15.3. The number of urea groups is 1. The SMILES string of the molecule is NC(=O)n1cc(NC(=O)N2CCC[C@H]2CNS(=O)(=O)c2cccc(Cl)c2)c2ccccc21. The number of nitrogens with zero attached hydrogens (tertiary/aromatic N) is 2. The average Bonchev–Trinajstić information content (AvgIpc) is 3.37. The van der Waals surface area contributed by atoms with Crippen LogP contribution < -0.4 is 15.8 Å². The second kappa shape index (κ2) is 8.81. The molecule has 2 aromatic carbocycles. The van der Waals surface area contributed by atoms with E-state index in [0.29, 0.717) is 34.6 Å². The van der Waals surface area contributed by atoms with E-state index in [4.69, 9.17) is 17.3 Å². The van der Waals surface area contributed by atoms with Gasteiger partial charge in [-0.05, 0) is 37.1 Å². The number of nitrogens with one attached hydrogen (secondary N) is 2. The second-order valence-electron chi connectivity index (χ2n) is 7.50. The van der Waals surface area contributed by atoms with Crippen molar-refractivity contribution in [2.45, 2.75) is 23.8 Å². The molecule has 1 saturated heterocycles. The summed E-state index contributed by atoms with van der Waals surface area (Å²) in [5.74, 6) is 0. The Kier molecular flexibility index (Phi) is 6.09. The van der Waals surface area contributed by atoms with E-state index in [-0.39, 0.29) is 23.5 Å². The highest BCUT2D eigenvalue weighted by Gasteiger charge is 2.30. The average molecular weight is 476 g/mol. The fourth-order valence-electron chi connectivity index (χ4n) is 3.89. The minimum atomic E-state index is -3.76. The van der Waals surface area contributed by atoms with Gasteiger partial charge in [0.15, 0.2) is 0 Å². The summed E-state index contributed by atoms with van der Waals surface area (Å²) < 4.78 is 29.0. The topological polar surface area (TPSA) is 127 Å². The summed E-state index contributed by atoms with van der Waals surface area (Å²) in [6, 6.07) is 11.7. The zero-order valence-electron chi connectivity index (χ0n) is 17.0. The third-order valence-electron chi connectivity index (χ3n) is 5.44. The molecule has 1 atom stereocenters. The van der Waals surface area contributed by atoms with Gasteiger partial charge in [0.1, 0.15) is 0 Å². The molecule has 3 amide bonds. The highest BCUT2D eigenvalue weighted by Crippen LogP contribution is 2.27. The van der Waals surface area contributed by atoms with Gasteiger partial charge in [0.2, 0.25) is 10.0 Å². The molecule has 0 spiro atoms. The monoisotopic (exact) mass is 475 g/mol. The number of halogens is 1. The van der Waals surface area contributed by atoms with E-state index in [1.807, 2.05) is 0 Å². The van der Waals surface area contributed by atoms with Gasteiger partial charge in [-0.2, -0.15) is 0 Å². The van der Waals surface area contributed by atoms with Gasteiger partial charge in [-0.25, -0.2) is 22.7 Å². The summed E-state index contributed by atoms with van der Waals surface area (Å²) in [6.07, 6.45) is 2.90. The van der Waals surface area contributed by atoms with Gasteiger partial charge >= 0.3 is 12.1 Å². The minimum Gasteiger partial charge on any atom is -0.351 e. The molecule has 1 aromatic heterocycles. The molecule has 1 aliphatic rings. The molecule has 0 radical (unpaired) electrons. The Hall–Kier alpha value is -3.08. The number of likely N-dealkylation sites (tertiary alicyclic amines) is 1. The van der Waals surface area contributed by atoms with E-state index < -0.39 is 16.1 Å². The molecule has 0 bridgehead atoms. The predicted molar refractivity (Wildman–Crippen MR) is 122 cm³/mol. The van der Waals surface area contributed by atoms with Crippen molar-refractivity contribution in [3.63, 3.8) is 0 Å². The number of para-hydroxylation sites is 1. The third-order valence-corrected chi connectivity index (χ3v) is 7.10. The zero-order chi connectivity index (χ0) is 22.9. The predicted octanol–water partition coefficient (Wildman–Crippen LogP) is 3.20.